The Kier molecular flexibility index (Phi) is 6.25. The molecule has 0 spiro atoms. The highest BCUT2D eigenvalue weighted by atomic mass is 32.2. The number of alkyl halides is 6. The maximum absolute atomic E-state index is 13.4. The van der Waals surface area contributed by atoms with Crippen LogP contribution in [0.2, 0.25) is 0 Å². The molecule has 0 amide bonds. The zero-order valence-corrected chi connectivity index (χ0v) is 16.6. The topological polar surface area (TPSA) is 49.4 Å². The molecule has 1 aliphatic rings. The van der Waals surface area contributed by atoms with E-state index in [-0.39, 0.29) is 22.8 Å². The average Bonchev–Trinajstić information content (AvgIpc) is 2.85. The molecule has 0 saturated heterocycles. The van der Waals surface area contributed by atoms with E-state index in [1.54, 1.807) is 0 Å². The second-order valence-corrected chi connectivity index (χ2v) is 9.01. The molecule has 0 aromatic heterocycles. The number of hydrogen-bond donors (Lipinski definition) is 1. The largest absolute Gasteiger partial charge is 0.511 e. The third kappa shape index (κ3) is 5.12. The molecule has 3 rings (SSSR count). The monoisotopic (exact) mass is 470 g/mol. The Morgan fingerprint density at radius 1 is 1.00 bits per heavy atom. The van der Waals surface area contributed by atoms with Gasteiger partial charge in [0.1, 0.15) is 5.82 Å². The number of nitrogens with zero attached hydrogens (tertiary/aromatic N) is 1. The molecule has 0 radical (unpaired) electrons. The molecule has 0 bridgehead atoms. The van der Waals surface area contributed by atoms with Crippen LogP contribution in [0.5, 0.6) is 0 Å². The summed E-state index contributed by atoms with van der Waals surface area (Å²) in [6, 6.07) is 7.46. The molecular weight excluding hydrogens is 453 g/mol. The molecule has 0 aliphatic carbocycles. The van der Waals surface area contributed by atoms with E-state index in [1.807, 2.05) is 0 Å². The maximum atomic E-state index is 13.4. The van der Waals surface area contributed by atoms with Crippen molar-refractivity contribution in [2.45, 2.75) is 37.1 Å². The van der Waals surface area contributed by atoms with Crippen molar-refractivity contribution in [3.05, 3.63) is 65.0 Å². The fourth-order valence-corrected chi connectivity index (χ4v) is 4.36. The van der Waals surface area contributed by atoms with Crippen molar-refractivity contribution in [3.63, 3.8) is 0 Å². The second-order valence-electron chi connectivity index (χ2n) is 7.08. The van der Waals surface area contributed by atoms with Gasteiger partial charge in [-0.15, -0.1) is 0 Å². The van der Waals surface area contributed by atoms with Gasteiger partial charge in [-0.05, 0) is 42.7 Å². The summed E-state index contributed by atoms with van der Waals surface area (Å²) < 4.78 is 117. The van der Waals surface area contributed by atoms with Crippen molar-refractivity contribution in [2.75, 3.05) is 11.9 Å². The summed E-state index contributed by atoms with van der Waals surface area (Å²) in [7, 11) is -5.87. The molecule has 1 atom stereocenters. The summed E-state index contributed by atoms with van der Waals surface area (Å²) in [5.41, 5.74) is -6.89. The summed E-state index contributed by atoms with van der Waals surface area (Å²) in [6.07, 6.45) is -4.54. The molecule has 12 heteroatoms. The second kappa shape index (κ2) is 8.30. The number of nitrogens with one attached hydrogen (secondary N) is 1. The maximum Gasteiger partial charge on any atom is 0.511 e. The molecular formula is C19H17F7N2O2S. The van der Waals surface area contributed by atoms with Gasteiger partial charge in [-0.25, -0.2) is 12.8 Å². The van der Waals surface area contributed by atoms with Gasteiger partial charge in [0, 0.05) is 30.4 Å². The van der Waals surface area contributed by atoms with Crippen LogP contribution in [-0.2, 0) is 29.2 Å². The summed E-state index contributed by atoms with van der Waals surface area (Å²) in [6.45, 7) is -1.76. The third-order valence-corrected chi connectivity index (χ3v) is 6.47. The zero-order valence-electron chi connectivity index (χ0n) is 15.8. The Morgan fingerprint density at radius 2 is 1.65 bits per heavy atom. The Balaban J connectivity index is 1.98. The first kappa shape index (κ1) is 23.3. The first-order valence-electron chi connectivity index (χ1n) is 9.05. The van der Waals surface area contributed by atoms with Crippen molar-refractivity contribution in [3.8, 4) is 0 Å². The van der Waals surface area contributed by atoms with Crippen LogP contribution in [-0.4, -0.2) is 30.8 Å². The van der Waals surface area contributed by atoms with Crippen molar-refractivity contribution in [1.82, 2.24) is 4.31 Å². The lowest BCUT2D eigenvalue weighted by atomic mass is 10.0. The van der Waals surface area contributed by atoms with Gasteiger partial charge in [0.05, 0.1) is 5.56 Å². The molecule has 2 aromatic carbocycles. The van der Waals surface area contributed by atoms with Gasteiger partial charge in [-0.2, -0.15) is 30.6 Å². The van der Waals surface area contributed by atoms with Crippen LogP contribution in [0.15, 0.2) is 42.5 Å². The van der Waals surface area contributed by atoms with Crippen molar-refractivity contribution in [1.29, 1.82) is 0 Å². The predicted octanol–water partition coefficient (Wildman–Crippen LogP) is 4.92. The smallest absolute Gasteiger partial charge is 0.381 e. The average molecular weight is 470 g/mol. The minimum absolute atomic E-state index is 0.0242. The highest BCUT2D eigenvalue weighted by Crippen LogP contribution is 2.39. The number of rotatable bonds is 4. The number of aryl methyl sites for hydroxylation is 1. The lowest BCUT2D eigenvalue weighted by Crippen LogP contribution is -2.44. The molecule has 2 aromatic rings. The van der Waals surface area contributed by atoms with E-state index in [2.05, 4.69) is 5.32 Å². The Hall–Kier alpha value is -2.34. The van der Waals surface area contributed by atoms with E-state index in [9.17, 15) is 39.2 Å². The van der Waals surface area contributed by atoms with Gasteiger partial charge in [0.15, 0.2) is 0 Å². The van der Waals surface area contributed by atoms with E-state index in [0.29, 0.717) is 11.6 Å². The van der Waals surface area contributed by atoms with Crippen LogP contribution in [0.25, 0.3) is 0 Å². The molecule has 1 unspecified atom stereocenters. The zero-order chi connectivity index (χ0) is 23.0. The van der Waals surface area contributed by atoms with E-state index < -0.39 is 57.8 Å². The fraction of sp³-hybridized carbons (Fsp3) is 0.368. The van der Waals surface area contributed by atoms with E-state index in [4.69, 9.17) is 0 Å². The van der Waals surface area contributed by atoms with Gasteiger partial charge in [0.2, 0.25) is 0 Å². The quantitative estimate of drug-likeness (QED) is 0.646. The summed E-state index contributed by atoms with van der Waals surface area (Å²) in [5.74, 6) is -0.479. The summed E-state index contributed by atoms with van der Waals surface area (Å²) >= 11 is 0. The van der Waals surface area contributed by atoms with Gasteiger partial charge in [-0.3, -0.25) is 0 Å². The van der Waals surface area contributed by atoms with Gasteiger partial charge < -0.3 is 5.32 Å². The number of anilines is 1. The van der Waals surface area contributed by atoms with Crippen molar-refractivity contribution >= 4 is 15.7 Å². The molecule has 1 heterocycles. The lowest BCUT2D eigenvalue weighted by molar-refractivity contribution is -0.138. The van der Waals surface area contributed by atoms with E-state index in [1.165, 1.54) is 30.3 Å². The summed E-state index contributed by atoms with van der Waals surface area (Å²) in [5, 5.41) is 2.76. The number of hydrogen-bond acceptors (Lipinski definition) is 3. The SMILES string of the molecule is O=S(=O)(N1Cc2c(cccc2C(F)(F)F)NC(CCc2ccc(F)cc2)C1)C(F)(F)F. The normalized spacial score (nSPS) is 18.2. The number of sulfonamides is 1. The molecule has 170 valence electrons. The number of halogens is 7. The third-order valence-electron chi connectivity index (χ3n) is 4.93. The van der Waals surface area contributed by atoms with Crippen LogP contribution in [0, 0.1) is 5.82 Å². The van der Waals surface area contributed by atoms with Gasteiger partial charge in [0.25, 0.3) is 0 Å². The van der Waals surface area contributed by atoms with Crippen molar-refractivity contribution < 1.29 is 39.2 Å². The highest BCUT2D eigenvalue weighted by Gasteiger charge is 2.51. The first-order valence-corrected chi connectivity index (χ1v) is 10.5. The molecule has 0 saturated carbocycles. The number of fused-ring (bicyclic) bond motifs is 1. The molecule has 1 N–H and O–H groups in total. The van der Waals surface area contributed by atoms with Gasteiger partial charge >= 0.3 is 21.7 Å². The summed E-state index contributed by atoms with van der Waals surface area (Å²) in [4.78, 5) is 0. The lowest BCUT2D eigenvalue weighted by Gasteiger charge is -2.25. The molecule has 0 fully saturated rings. The Labute approximate surface area is 173 Å². The minimum atomic E-state index is -5.87. The van der Waals surface area contributed by atoms with Crippen LogP contribution < -0.4 is 5.32 Å². The van der Waals surface area contributed by atoms with E-state index in [0.717, 1.165) is 6.07 Å². The fourth-order valence-electron chi connectivity index (χ4n) is 3.40. The number of benzene rings is 2. The van der Waals surface area contributed by atoms with Crippen molar-refractivity contribution in [2.24, 2.45) is 0 Å². The standard InChI is InChI=1S/C19H17F7N2O2S/c20-13-7-4-12(5-8-13)6-9-14-10-28(31(29,30)19(24,25)26)11-15-16(18(21,22)23)2-1-3-17(15)27-14/h1-5,7-8,14,27H,6,9-11H2. The highest BCUT2D eigenvalue weighted by molar-refractivity contribution is 7.89. The Bertz CT molecular complexity index is 1030. The van der Waals surface area contributed by atoms with Crippen LogP contribution in [0.4, 0.5) is 36.4 Å². The first-order chi connectivity index (χ1) is 14.3. The molecule has 1 aliphatic heterocycles. The molecule has 31 heavy (non-hydrogen) atoms. The van der Waals surface area contributed by atoms with Gasteiger partial charge in [-0.1, -0.05) is 18.2 Å². The predicted molar refractivity (Wildman–Crippen MR) is 99.0 cm³/mol. The minimum Gasteiger partial charge on any atom is -0.381 e. The van der Waals surface area contributed by atoms with E-state index >= 15 is 0 Å². The molecule has 4 nitrogen and oxygen atoms in total. The van der Waals surface area contributed by atoms with Crippen LogP contribution in [0.3, 0.4) is 0 Å². The van der Waals surface area contributed by atoms with Crippen LogP contribution >= 0.6 is 0 Å². The Morgan fingerprint density at radius 3 is 2.23 bits per heavy atom. The van der Waals surface area contributed by atoms with Crippen LogP contribution in [0.1, 0.15) is 23.1 Å².